The van der Waals surface area contributed by atoms with E-state index in [1.807, 2.05) is 12.1 Å². The van der Waals surface area contributed by atoms with E-state index in [2.05, 4.69) is 20.6 Å². The summed E-state index contributed by atoms with van der Waals surface area (Å²) in [4.78, 5) is 26.7. The number of aromatic nitrogens is 4. The largest absolute Gasteiger partial charge is 0.347 e. The molecule has 10 nitrogen and oxygen atoms in total. The quantitative estimate of drug-likeness (QED) is 0.473. The third-order valence-electron chi connectivity index (χ3n) is 4.09. The third kappa shape index (κ3) is 4.34. The average Bonchev–Trinajstić information content (AvgIpc) is 3.21. The molecule has 1 aromatic carbocycles. The van der Waals surface area contributed by atoms with Gasteiger partial charge in [0.05, 0.1) is 4.92 Å². The highest BCUT2D eigenvalue weighted by atomic mass is 35.5. The molecule has 11 heteroatoms. The van der Waals surface area contributed by atoms with Crippen molar-refractivity contribution in [2.75, 3.05) is 6.54 Å². The molecule has 2 aromatic heterocycles. The maximum absolute atomic E-state index is 12.1. The summed E-state index contributed by atoms with van der Waals surface area (Å²) in [7, 11) is 0. The Morgan fingerprint density at radius 3 is 2.68 bits per heavy atom. The zero-order valence-corrected chi connectivity index (χ0v) is 15.9. The van der Waals surface area contributed by atoms with Crippen LogP contribution in [0.3, 0.4) is 0 Å². The fourth-order valence-corrected chi connectivity index (χ4v) is 2.82. The van der Waals surface area contributed by atoms with Crippen LogP contribution in [-0.4, -0.2) is 37.3 Å². The smallest absolute Gasteiger partial charge is 0.316 e. The van der Waals surface area contributed by atoms with Crippen molar-refractivity contribution in [3.05, 3.63) is 68.1 Å². The number of benzene rings is 1. The van der Waals surface area contributed by atoms with Crippen LogP contribution in [0.25, 0.3) is 0 Å². The molecule has 0 fully saturated rings. The molecule has 0 aliphatic rings. The van der Waals surface area contributed by atoms with Gasteiger partial charge in [-0.05, 0) is 38.0 Å². The molecule has 0 bridgehead atoms. The molecule has 3 aromatic rings. The van der Waals surface area contributed by atoms with Gasteiger partial charge in [0.1, 0.15) is 17.9 Å². The predicted octanol–water partition coefficient (Wildman–Crippen LogP) is 2.47. The Morgan fingerprint density at radius 1 is 1.32 bits per heavy atom. The van der Waals surface area contributed by atoms with Crippen molar-refractivity contribution >= 4 is 23.2 Å². The summed E-state index contributed by atoms with van der Waals surface area (Å²) in [5, 5.41) is 22.3. The molecule has 0 saturated heterocycles. The summed E-state index contributed by atoms with van der Waals surface area (Å²) >= 11 is 5.83. The second kappa shape index (κ2) is 8.17. The van der Waals surface area contributed by atoms with Gasteiger partial charge in [-0.2, -0.15) is 10.1 Å². The van der Waals surface area contributed by atoms with Crippen molar-refractivity contribution < 1.29 is 14.2 Å². The van der Waals surface area contributed by atoms with E-state index in [-0.39, 0.29) is 23.9 Å². The maximum Gasteiger partial charge on any atom is 0.316 e. The Morgan fingerprint density at radius 2 is 2.04 bits per heavy atom. The van der Waals surface area contributed by atoms with Crippen LogP contribution in [0, 0.1) is 24.0 Å². The van der Waals surface area contributed by atoms with E-state index >= 15 is 0 Å². The number of nitrogens with zero attached hydrogens (tertiary/aromatic N) is 5. The zero-order valence-electron chi connectivity index (χ0n) is 15.2. The van der Waals surface area contributed by atoms with E-state index in [9.17, 15) is 14.9 Å². The highest BCUT2D eigenvalue weighted by Gasteiger charge is 2.23. The third-order valence-corrected chi connectivity index (χ3v) is 4.34. The summed E-state index contributed by atoms with van der Waals surface area (Å²) in [6, 6.07) is 7.33. The summed E-state index contributed by atoms with van der Waals surface area (Å²) in [6.07, 6.45) is 0.624. The first-order valence-corrected chi connectivity index (χ1v) is 8.76. The number of carbonyl (C=O) groups excluding carboxylic acids is 1. The molecule has 3 rings (SSSR count). The van der Waals surface area contributed by atoms with Crippen LogP contribution < -0.4 is 5.32 Å². The topological polar surface area (TPSA) is 129 Å². The lowest BCUT2D eigenvalue weighted by molar-refractivity contribution is -0.386. The van der Waals surface area contributed by atoms with Gasteiger partial charge in [-0.3, -0.25) is 19.6 Å². The Bertz CT molecular complexity index is 1010. The summed E-state index contributed by atoms with van der Waals surface area (Å²) in [6.45, 7) is 3.59. The van der Waals surface area contributed by atoms with Crippen molar-refractivity contribution in [3.8, 4) is 0 Å². The molecule has 1 N–H and O–H groups in total. The molecular formula is C17H17ClN6O4. The second-order valence-electron chi connectivity index (χ2n) is 6.08. The minimum atomic E-state index is -0.493. The number of hydrogen-bond acceptors (Lipinski definition) is 7. The van der Waals surface area contributed by atoms with Gasteiger partial charge in [-0.15, -0.1) is 0 Å². The number of hydrogen-bond donors (Lipinski definition) is 1. The van der Waals surface area contributed by atoms with E-state index in [4.69, 9.17) is 16.1 Å². The monoisotopic (exact) mass is 404 g/mol. The van der Waals surface area contributed by atoms with Gasteiger partial charge in [0.2, 0.25) is 0 Å². The van der Waals surface area contributed by atoms with Gasteiger partial charge in [0, 0.05) is 11.6 Å². The molecular weight excluding hydrogens is 388 g/mol. The van der Waals surface area contributed by atoms with E-state index < -0.39 is 10.8 Å². The summed E-state index contributed by atoms with van der Waals surface area (Å²) in [5.41, 5.74) is 1.65. The molecule has 0 atom stereocenters. The van der Waals surface area contributed by atoms with E-state index in [1.165, 1.54) is 4.68 Å². The minimum absolute atomic E-state index is 0.0522. The molecule has 146 valence electrons. The van der Waals surface area contributed by atoms with Gasteiger partial charge in [0.25, 0.3) is 0 Å². The fourth-order valence-electron chi connectivity index (χ4n) is 2.70. The molecule has 0 saturated carbocycles. The lowest BCUT2D eigenvalue weighted by Crippen LogP contribution is -2.26. The van der Waals surface area contributed by atoms with Crippen molar-refractivity contribution in [2.45, 2.75) is 26.8 Å². The van der Waals surface area contributed by atoms with Crippen molar-refractivity contribution in [1.29, 1.82) is 0 Å². The Kier molecular flexibility index (Phi) is 5.69. The van der Waals surface area contributed by atoms with E-state index in [0.29, 0.717) is 29.4 Å². The number of aryl methyl sites for hydroxylation is 1. The number of nitrogens with one attached hydrogen (secondary N) is 1. The zero-order chi connectivity index (χ0) is 20.3. The highest BCUT2D eigenvalue weighted by molar-refractivity contribution is 6.30. The van der Waals surface area contributed by atoms with Gasteiger partial charge >= 0.3 is 17.5 Å². The molecule has 1 amide bonds. The molecule has 0 aliphatic heterocycles. The fraction of sp³-hybridized carbons (Fsp3) is 0.294. The maximum atomic E-state index is 12.1. The predicted molar refractivity (Wildman–Crippen MR) is 99.2 cm³/mol. The lowest BCUT2D eigenvalue weighted by Gasteiger charge is -2.02. The molecule has 28 heavy (non-hydrogen) atoms. The van der Waals surface area contributed by atoms with E-state index in [1.54, 1.807) is 26.0 Å². The Hall–Kier alpha value is -3.27. The Balaban J connectivity index is 1.59. The number of carbonyl (C=O) groups is 1. The van der Waals surface area contributed by atoms with Gasteiger partial charge in [0.15, 0.2) is 5.82 Å². The second-order valence-corrected chi connectivity index (χ2v) is 6.52. The van der Waals surface area contributed by atoms with Crippen LogP contribution in [0.4, 0.5) is 5.69 Å². The standard InChI is InChI=1S/C17H17ClN6O4/c1-10-15(24(26)27)11(2)23(21-10)9-14-20-17(28-22-14)16(25)19-8-7-12-3-5-13(18)6-4-12/h3-6H,7-9H2,1-2H3,(H,19,25). The first kappa shape index (κ1) is 19.5. The molecule has 0 radical (unpaired) electrons. The van der Waals surface area contributed by atoms with Crippen LogP contribution >= 0.6 is 11.6 Å². The summed E-state index contributed by atoms with van der Waals surface area (Å²) in [5.74, 6) is -0.474. The van der Waals surface area contributed by atoms with Crippen LogP contribution in [0.15, 0.2) is 28.8 Å². The number of nitro groups is 1. The first-order chi connectivity index (χ1) is 13.3. The lowest BCUT2D eigenvalue weighted by atomic mass is 10.1. The van der Waals surface area contributed by atoms with E-state index in [0.717, 1.165) is 5.56 Å². The van der Waals surface area contributed by atoms with Gasteiger partial charge in [-0.25, -0.2) is 0 Å². The number of amides is 1. The van der Waals surface area contributed by atoms with Crippen LogP contribution in [-0.2, 0) is 13.0 Å². The molecule has 0 aliphatic carbocycles. The highest BCUT2D eigenvalue weighted by Crippen LogP contribution is 2.22. The normalized spacial score (nSPS) is 10.8. The number of rotatable bonds is 7. The molecule has 0 unspecified atom stereocenters. The van der Waals surface area contributed by atoms with Crippen molar-refractivity contribution in [2.24, 2.45) is 0 Å². The van der Waals surface area contributed by atoms with Crippen LogP contribution in [0.1, 0.15) is 33.5 Å². The van der Waals surface area contributed by atoms with Gasteiger partial charge < -0.3 is 9.84 Å². The van der Waals surface area contributed by atoms with Crippen molar-refractivity contribution in [1.82, 2.24) is 25.2 Å². The number of halogens is 1. The summed E-state index contributed by atoms with van der Waals surface area (Å²) < 4.78 is 6.38. The van der Waals surface area contributed by atoms with Gasteiger partial charge in [-0.1, -0.05) is 28.9 Å². The molecule has 0 spiro atoms. The average molecular weight is 405 g/mol. The molecule has 2 heterocycles. The van der Waals surface area contributed by atoms with Crippen LogP contribution in [0.5, 0.6) is 0 Å². The van der Waals surface area contributed by atoms with Crippen molar-refractivity contribution in [3.63, 3.8) is 0 Å². The minimum Gasteiger partial charge on any atom is -0.347 e. The first-order valence-electron chi connectivity index (χ1n) is 8.38. The Labute approximate surface area is 164 Å². The SMILES string of the molecule is Cc1nn(Cc2noc(C(=O)NCCc3ccc(Cl)cc3)n2)c(C)c1[N+](=O)[O-]. The van der Waals surface area contributed by atoms with Crippen LogP contribution in [0.2, 0.25) is 5.02 Å².